The number of hydrogen-bond donors (Lipinski definition) is 0. The average molecular weight is 480 g/mol. The fraction of sp³-hybridized carbons (Fsp3) is 0.600. The molecule has 0 amide bonds. The van der Waals surface area contributed by atoms with Crippen LogP contribution in [0.25, 0.3) is 0 Å². The fourth-order valence-electron chi connectivity index (χ4n) is 1.74. The molecule has 0 saturated carbocycles. The van der Waals surface area contributed by atoms with Crippen molar-refractivity contribution >= 4 is 40.3 Å². The van der Waals surface area contributed by atoms with Gasteiger partial charge in [-0.3, -0.25) is 0 Å². The quantitative estimate of drug-likeness (QED) is 0.171. The molecule has 0 radical (unpaired) electrons. The zero-order valence-corrected chi connectivity index (χ0v) is 19.9. The van der Waals surface area contributed by atoms with Crippen LogP contribution in [-0.4, -0.2) is 49.5 Å². The smallest absolute Gasteiger partial charge is 1.00 e. The Labute approximate surface area is 175 Å². The Hall–Kier alpha value is 1.13. The minimum atomic E-state index is -4.50. The van der Waals surface area contributed by atoms with Gasteiger partial charge in [-0.25, -0.2) is 0 Å². The molecule has 1 rings (SSSR count). The summed E-state index contributed by atoms with van der Waals surface area (Å²) in [5.41, 5.74) is 1.45. The molecule has 1 aromatic carbocycles. The summed E-state index contributed by atoms with van der Waals surface area (Å²) in [7, 11) is -4.50. The van der Waals surface area contributed by atoms with Crippen LogP contribution in [0, 0.1) is 0 Å². The molecule has 0 heterocycles. The largest absolute Gasteiger partial charge is 1.00 e. The molecule has 8 heteroatoms. The Morgan fingerprint density at radius 2 is 1.48 bits per heavy atom. The Morgan fingerprint density at radius 3 is 2.09 bits per heavy atom. The van der Waals surface area contributed by atoms with Gasteiger partial charge in [0.1, 0.15) is 0 Å². The summed E-state index contributed by atoms with van der Waals surface area (Å²) in [5.74, 6) is 0. The molecule has 0 unspecified atom stereocenters. The average Bonchev–Trinajstić information content (AvgIpc) is 2.48. The van der Waals surface area contributed by atoms with Crippen LogP contribution in [0.1, 0.15) is 31.2 Å². The summed E-state index contributed by atoms with van der Waals surface area (Å²) in [4.78, 5) is 0. The van der Waals surface area contributed by atoms with Crippen molar-refractivity contribution in [1.29, 1.82) is 0 Å². The Morgan fingerprint density at radius 1 is 0.913 bits per heavy atom. The molecule has 126 valence electrons. The van der Waals surface area contributed by atoms with Crippen molar-refractivity contribution < 1.29 is 46.7 Å². The summed E-state index contributed by atoms with van der Waals surface area (Å²) < 4.78 is 34.8. The third-order valence-electron chi connectivity index (χ3n) is 2.85. The van der Waals surface area contributed by atoms with E-state index in [-0.39, 0.29) is 36.2 Å². The van der Waals surface area contributed by atoms with Crippen molar-refractivity contribution in [1.82, 2.24) is 0 Å². The van der Waals surface area contributed by atoms with Crippen LogP contribution in [-0.2, 0) is 19.9 Å². The van der Waals surface area contributed by atoms with Gasteiger partial charge >= 0.3 is 176 Å². The number of unbranched alkanes of at least 4 members (excludes halogenated alkanes) is 2. The second kappa shape index (κ2) is 15.4. The Bertz CT molecular complexity index is 486. The van der Waals surface area contributed by atoms with Crippen molar-refractivity contribution in [3.05, 3.63) is 35.9 Å². The number of hydrogen-bond acceptors (Lipinski definition) is 4. The van der Waals surface area contributed by atoms with Crippen LogP contribution < -0.4 is 29.6 Å². The van der Waals surface area contributed by atoms with Crippen LogP contribution in [0.2, 0.25) is 16.0 Å². The van der Waals surface area contributed by atoms with Crippen LogP contribution in [0.4, 0.5) is 0 Å². The predicted octanol–water partition coefficient (Wildman–Crippen LogP) is -0.109. The first-order valence-electron chi connectivity index (χ1n) is 7.37. The SMILES string of the molecule is O=S(=O)([O-])OCCCC[Se]CCCC[Se]Cc1ccccc1.[Na+]. The van der Waals surface area contributed by atoms with E-state index in [4.69, 9.17) is 0 Å². The Balaban J connectivity index is 0.00000484. The van der Waals surface area contributed by atoms with Crippen LogP contribution >= 0.6 is 0 Å². The molecule has 0 aliphatic heterocycles. The van der Waals surface area contributed by atoms with Gasteiger partial charge in [-0.15, -0.1) is 0 Å². The predicted molar refractivity (Wildman–Crippen MR) is 90.2 cm³/mol. The molecule has 0 aliphatic carbocycles. The molecule has 0 bridgehead atoms. The van der Waals surface area contributed by atoms with Crippen molar-refractivity contribution in [2.45, 2.75) is 47.0 Å². The third kappa shape index (κ3) is 16.4. The van der Waals surface area contributed by atoms with E-state index in [1.165, 1.54) is 34.4 Å². The van der Waals surface area contributed by atoms with E-state index < -0.39 is 10.4 Å². The van der Waals surface area contributed by atoms with E-state index in [2.05, 4.69) is 34.5 Å². The fourth-order valence-corrected chi connectivity index (χ4v) is 6.26. The van der Waals surface area contributed by atoms with Crippen molar-refractivity contribution in [3.63, 3.8) is 0 Å². The molecule has 0 fully saturated rings. The van der Waals surface area contributed by atoms with Crippen LogP contribution in [0.15, 0.2) is 30.3 Å². The minimum Gasteiger partial charge on any atom is 1.00 e. The zero-order chi connectivity index (χ0) is 16.1. The summed E-state index contributed by atoms with van der Waals surface area (Å²) in [6, 6.07) is 10.7. The van der Waals surface area contributed by atoms with Gasteiger partial charge in [-0.2, -0.15) is 0 Å². The van der Waals surface area contributed by atoms with E-state index >= 15 is 0 Å². The maximum absolute atomic E-state index is 10.2. The van der Waals surface area contributed by atoms with Gasteiger partial charge in [0, 0.05) is 0 Å². The van der Waals surface area contributed by atoms with Crippen LogP contribution in [0.3, 0.4) is 0 Å². The maximum Gasteiger partial charge on any atom is 1.00 e. The maximum atomic E-state index is 10.2. The molecule has 0 atom stereocenters. The molecule has 0 aromatic heterocycles. The van der Waals surface area contributed by atoms with Gasteiger partial charge in [-0.05, 0) is 0 Å². The van der Waals surface area contributed by atoms with Gasteiger partial charge in [0.15, 0.2) is 0 Å². The minimum absolute atomic E-state index is 0. The summed E-state index contributed by atoms with van der Waals surface area (Å²) in [6.07, 6.45) is 4.24. The molecule has 1 aromatic rings. The summed E-state index contributed by atoms with van der Waals surface area (Å²) in [5, 5.41) is 5.04. The van der Waals surface area contributed by atoms with E-state index in [0.717, 1.165) is 26.7 Å². The second-order valence-electron chi connectivity index (χ2n) is 4.79. The van der Waals surface area contributed by atoms with Crippen molar-refractivity contribution in [2.24, 2.45) is 0 Å². The van der Waals surface area contributed by atoms with Gasteiger partial charge in [-0.1, -0.05) is 0 Å². The number of rotatable bonds is 13. The molecule has 0 saturated heterocycles. The standard InChI is InChI=1S/C15H24O4SSe2.Na/c16-20(17,18)19-10-4-5-11-21-12-6-7-13-22-14-15-8-2-1-3-9-15;/h1-3,8-9H,4-7,10-14H2,(H,16,17,18);/q;+1/p-1. The van der Waals surface area contributed by atoms with E-state index in [9.17, 15) is 13.0 Å². The van der Waals surface area contributed by atoms with E-state index in [1.807, 2.05) is 0 Å². The second-order valence-corrected chi connectivity index (χ2v) is 10.7. The van der Waals surface area contributed by atoms with E-state index in [0.29, 0.717) is 21.4 Å². The summed E-state index contributed by atoms with van der Waals surface area (Å²) >= 11 is 1.36. The van der Waals surface area contributed by atoms with Gasteiger partial charge in [0.2, 0.25) is 0 Å². The first kappa shape index (κ1) is 24.1. The molecular formula is C15H23NaO4SSe2. The van der Waals surface area contributed by atoms with Crippen molar-refractivity contribution in [2.75, 3.05) is 6.61 Å². The first-order valence-corrected chi connectivity index (χ1v) is 13.6. The molecule has 0 spiro atoms. The Kier molecular flexibility index (Phi) is 16.1. The first-order chi connectivity index (χ1) is 10.6. The number of benzene rings is 1. The molecule has 0 aliphatic rings. The van der Waals surface area contributed by atoms with Crippen LogP contribution in [0.5, 0.6) is 0 Å². The van der Waals surface area contributed by atoms with Crippen molar-refractivity contribution in [3.8, 4) is 0 Å². The molecule has 4 nitrogen and oxygen atoms in total. The molecule has 0 N–H and O–H groups in total. The van der Waals surface area contributed by atoms with Gasteiger partial charge in [0.05, 0.1) is 0 Å². The van der Waals surface area contributed by atoms with E-state index in [1.54, 1.807) is 0 Å². The van der Waals surface area contributed by atoms with Gasteiger partial charge < -0.3 is 0 Å². The van der Waals surface area contributed by atoms with Gasteiger partial charge in [0.25, 0.3) is 0 Å². The molecule has 23 heavy (non-hydrogen) atoms. The third-order valence-corrected chi connectivity index (χ3v) is 8.07. The zero-order valence-electron chi connectivity index (χ0n) is 13.6. The topological polar surface area (TPSA) is 66.4 Å². The molecular weight excluding hydrogens is 457 g/mol. The normalized spacial score (nSPS) is 11.2. The summed E-state index contributed by atoms with van der Waals surface area (Å²) in [6.45, 7) is 0.0317. The monoisotopic (exact) mass is 482 g/mol.